The van der Waals surface area contributed by atoms with Crippen LogP contribution in [0.5, 0.6) is 0 Å². The quantitative estimate of drug-likeness (QED) is 0.379. The van der Waals surface area contributed by atoms with Crippen LogP contribution < -0.4 is 10.0 Å². The largest absolute Gasteiger partial charge is 0.586 e. The molecule has 2 amide bonds. The third kappa shape index (κ3) is 4.74. The number of hydrogen-bond acceptors (Lipinski definition) is 6. The molecule has 0 fully saturated rings. The van der Waals surface area contributed by atoms with Crippen molar-refractivity contribution < 1.29 is 19.4 Å². The van der Waals surface area contributed by atoms with E-state index in [0.717, 1.165) is 60.3 Å². The lowest BCUT2D eigenvalue weighted by Gasteiger charge is -2.21. The highest BCUT2D eigenvalue weighted by molar-refractivity contribution is 7.90. The van der Waals surface area contributed by atoms with Crippen molar-refractivity contribution in [3.63, 3.8) is 0 Å². The first kappa shape index (κ1) is 22.1. The van der Waals surface area contributed by atoms with Crippen molar-refractivity contribution in [2.45, 2.75) is 75.7 Å². The van der Waals surface area contributed by atoms with Crippen LogP contribution in [0.1, 0.15) is 55.6 Å². The fourth-order valence-corrected chi connectivity index (χ4v) is 5.10. The second kappa shape index (κ2) is 8.81. The maximum Gasteiger partial charge on any atom is 0.451 e. The van der Waals surface area contributed by atoms with Gasteiger partial charge in [-0.15, -0.1) is 9.82 Å². The monoisotopic (exact) mass is 445 g/mol. The van der Waals surface area contributed by atoms with Crippen molar-refractivity contribution >= 4 is 30.2 Å². The fourth-order valence-electron chi connectivity index (χ4n) is 4.41. The molecule has 166 valence electrons. The molecule has 0 radical (unpaired) electrons. The molecule has 9 nitrogen and oxygen atoms in total. The number of nitrogens with one attached hydrogen (secondary N) is 2. The third-order valence-corrected chi connectivity index (χ3v) is 7.01. The number of aryl methyl sites for hydroxylation is 2. The summed E-state index contributed by atoms with van der Waals surface area (Å²) in [5.74, 6) is 0. The Labute approximate surface area is 185 Å². The number of hydrogen-bond donors (Lipinski definition) is 4. The molecule has 0 aliphatic heterocycles. The van der Waals surface area contributed by atoms with Gasteiger partial charge in [0.1, 0.15) is 11.4 Å². The molecule has 2 aromatic heterocycles. The van der Waals surface area contributed by atoms with Gasteiger partial charge in [0.25, 0.3) is 5.03 Å². The van der Waals surface area contributed by atoms with E-state index in [2.05, 4.69) is 29.0 Å². The van der Waals surface area contributed by atoms with Gasteiger partial charge < -0.3 is 19.9 Å². The molecule has 2 aliphatic rings. The molecule has 2 aromatic rings. The van der Waals surface area contributed by atoms with E-state index < -0.39 is 24.5 Å². The molecule has 2 aliphatic carbocycles. The second-order valence-corrected chi connectivity index (χ2v) is 10.0. The van der Waals surface area contributed by atoms with Crippen LogP contribution in [0.15, 0.2) is 17.3 Å². The summed E-state index contributed by atoms with van der Waals surface area (Å²) < 4.78 is 16.6. The van der Waals surface area contributed by atoms with Crippen LogP contribution in [0.25, 0.3) is 0 Å². The van der Waals surface area contributed by atoms with Gasteiger partial charge in [0, 0.05) is 29.9 Å². The van der Waals surface area contributed by atoms with Gasteiger partial charge in [0.2, 0.25) is 0 Å². The first-order valence-electron chi connectivity index (χ1n) is 10.7. The summed E-state index contributed by atoms with van der Waals surface area (Å²) in [4.78, 5) is 17.6. The summed E-state index contributed by atoms with van der Waals surface area (Å²) in [6.45, 7) is 4.83. The van der Waals surface area contributed by atoms with E-state index in [1.54, 1.807) is 16.9 Å². The van der Waals surface area contributed by atoms with E-state index in [1.165, 1.54) is 0 Å². The number of aromatic nitrogens is 3. The van der Waals surface area contributed by atoms with Crippen molar-refractivity contribution in [2.24, 2.45) is 0 Å². The lowest BCUT2D eigenvalue weighted by molar-refractivity contribution is 0.256. The normalized spacial score (nSPS) is 17.2. The molecule has 0 spiro atoms. The number of carbonyl (C=O) groups is 1. The van der Waals surface area contributed by atoms with E-state index in [1.807, 2.05) is 0 Å². The average Bonchev–Trinajstić information content (AvgIpc) is 3.41. The van der Waals surface area contributed by atoms with Crippen LogP contribution in [0, 0.1) is 0 Å². The SMILES string of the molecule is CC1(C)CCc2c1nc1c(c2NC(=O)N[S+]([O-])c2ccn(CCCB(O)O)n2)CCC1. The minimum atomic E-state index is -1.80. The predicted octanol–water partition coefficient (Wildman–Crippen LogP) is 1.70. The summed E-state index contributed by atoms with van der Waals surface area (Å²) >= 11 is -1.80. The van der Waals surface area contributed by atoms with Crippen LogP contribution in [0.2, 0.25) is 6.32 Å². The van der Waals surface area contributed by atoms with Gasteiger partial charge in [-0.25, -0.2) is 4.79 Å². The molecular formula is C20H28BN5O4S. The Hall–Kier alpha value is -2.08. The number of urea groups is 1. The lowest BCUT2D eigenvalue weighted by atomic mass is 9.85. The molecule has 4 N–H and O–H groups in total. The Morgan fingerprint density at radius 2 is 2.13 bits per heavy atom. The van der Waals surface area contributed by atoms with Crippen LogP contribution in [-0.2, 0) is 42.6 Å². The highest BCUT2D eigenvalue weighted by Gasteiger charge is 2.36. The van der Waals surface area contributed by atoms with Crippen molar-refractivity contribution in [1.82, 2.24) is 19.5 Å². The van der Waals surface area contributed by atoms with Gasteiger partial charge >= 0.3 is 13.1 Å². The second-order valence-electron chi connectivity index (χ2n) is 8.84. The molecule has 0 saturated heterocycles. The van der Waals surface area contributed by atoms with E-state index in [4.69, 9.17) is 15.0 Å². The summed E-state index contributed by atoms with van der Waals surface area (Å²) in [5, 5.41) is 25.2. The van der Waals surface area contributed by atoms with Crippen LogP contribution in [0.4, 0.5) is 10.5 Å². The van der Waals surface area contributed by atoms with Crippen LogP contribution in [0.3, 0.4) is 0 Å². The van der Waals surface area contributed by atoms with E-state index in [-0.39, 0.29) is 16.8 Å². The summed E-state index contributed by atoms with van der Waals surface area (Å²) in [6, 6.07) is 1.05. The van der Waals surface area contributed by atoms with Crippen LogP contribution in [-0.4, -0.2) is 42.5 Å². The van der Waals surface area contributed by atoms with Crippen molar-refractivity contribution in [3.8, 4) is 0 Å². The molecule has 1 unspecified atom stereocenters. The molecule has 11 heteroatoms. The number of rotatable bonds is 7. The number of anilines is 1. The zero-order chi connectivity index (χ0) is 22.2. The first-order valence-corrected chi connectivity index (χ1v) is 11.8. The van der Waals surface area contributed by atoms with Crippen LogP contribution >= 0.6 is 0 Å². The van der Waals surface area contributed by atoms with E-state index in [0.29, 0.717) is 13.0 Å². The van der Waals surface area contributed by atoms with Gasteiger partial charge in [-0.1, -0.05) is 13.8 Å². The Morgan fingerprint density at radius 1 is 1.32 bits per heavy atom. The van der Waals surface area contributed by atoms with Gasteiger partial charge in [-0.05, 0) is 56.0 Å². The molecule has 0 bridgehead atoms. The Morgan fingerprint density at radius 3 is 2.90 bits per heavy atom. The molecule has 1 atom stereocenters. The number of carbonyl (C=O) groups excluding carboxylic acids is 1. The standard InChI is InChI=1S/C20H28BN5O4S/c1-20(2)9-7-14-17(13-5-3-6-15(13)22-18(14)20)23-19(27)25-31(30)16-8-12-26(24-16)11-4-10-21(28)29/h8,12,28-29H,3-7,9-11H2,1-2H3,(H2,22,23,25,27). The molecule has 0 aromatic carbocycles. The number of fused-ring (bicyclic) bond motifs is 2. The molecule has 31 heavy (non-hydrogen) atoms. The third-order valence-electron chi connectivity index (χ3n) is 6.05. The topological polar surface area (TPSA) is 135 Å². The zero-order valence-electron chi connectivity index (χ0n) is 17.8. The summed E-state index contributed by atoms with van der Waals surface area (Å²) in [5.41, 5.74) is 5.16. The maximum atomic E-state index is 12.7. The van der Waals surface area contributed by atoms with Gasteiger partial charge in [0.15, 0.2) is 0 Å². The summed E-state index contributed by atoms with van der Waals surface area (Å²) in [6.07, 6.45) is 7.11. The van der Waals surface area contributed by atoms with E-state index in [9.17, 15) is 9.35 Å². The van der Waals surface area contributed by atoms with Crippen molar-refractivity contribution in [1.29, 1.82) is 0 Å². The van der Waals surface area contributed by atoms with Crippen molar-refractivity contribution in [3.05, 3.63) is 34.8 Å². The summed E-state index contributed by atoms with van der Waals surface area (Å²) in [7, 11) is -1.35. The zero-order valence-corrected chi connectivity index (χ0v) is 18.7. The Kier molecular flexibility index (Phi) is 6.29. The molecule has 4 rings (SSSR count). The Bertz CT molecular complexity index is 981. The predicted molar refractivity (Wildman–Crippen MR) is 118 cm³/mol. The van der Waals surface area contributed by atoms with Crippen molar-refractivity contribution in [2.75, 3.05) is 5.32 Å². The number of pyridine rings is 1. The smallest absolute Gasteiger partial charge is 0.451 e. The molecule has 2 heterocycles. The van der Waals surface area contributed by atoms with Gasteiger partial charge in [-0.3, -0.25) is 9.67 Å². The van der Waals surface area contributed by atoms with Gasteiger partial charge in [0.05, 0.1) is 11.4 Å². The molecule has 0 saturated carbocycles. The Balaban J connectivity index is 1.44. The fraction of sp³-hybridized carbons (Fsp3) is 0.550. The lowest BCUT2D eigenvalue weighted by Crippen LogP contribution is -2.35. The minimum absolute atomic E-state index is 0.0123. The first-order chi connectivity index (χ1) is 14.7. The highest BCUT2D eigenvalue weighted by atomic mass is 32.2. The van der Waals surface area contributed by atoms with Gasteiger partial charge in [-0.2, -0.15) is 0 Å². The molecular weight excluding hydrogens is 417 g/mol. The minimum Gasteiger partial charge on any atom is -0.586 e. The number of amides is 2. The average molecular weight is 445 g/mol. The number of nitrogens with zero attached hydrogens (tertiary/aromatic N) is 3. The highest BCUT2D eigenvalue weighted by Crippen LogP contribution is 2.44. The van der Waals surface area contributed by atoms with E-state index >= 15 is 0 Å². The maximum absolute atomic E-state index is 12.7.